The Kier molecular flexibility index (Phi) is 7.85. The third-order valence-electron chi connectivity index (χ3n) is 6.08. The highest BCUT2D eigenvalue weighted by molar-refractivity contribution is 9.10. The van der Waals surface area contributed by atoms with E-state index < -0.39 is 40.7 Å². The number of esters is 2. The molecule has 1 aromatic carbocycles. The Morgan fingerprint density at radius 3 is 2.37 bits per heavy atom. The molecule has 166 valence electrons. The van der Waals surface area contributed by atoms with Gasteiger partial charge in [-0.1, -0.05) is 49.6 Å². The maximum absolute atomic E-state index is 14.7. The predicted octanol–water partition coefficient (Wildman–Crippen LogP) is 4.43. The lowest BCUT2D eigenvalue weighted by Crippen LogP contribution is -2.44. The normalized spacial score (nSPS) is 27.6. The molecule has 1 saturated heterocycles. The number of hydrogen-bond acceptors (Lipinski definition) is 5. The first-order valence-electron chi connectivity index (χ1n) is 10.5. The summed E-state index contributed by atoms with van der Waals surface area (Å²) in [6.07, 6.45) is 4.71. The molecular formula is C22H28BrF2NO4. The van der Waals surface area contributed by atoms with E-state index in [0.717, 1.165) is 37.7 Å². The summed E-state index contributed by atoms with van der Waals surface area (Å²) in [4.78, 5) is 22.1. The number of ether oxygens (including phenoxy) is 2. The standard InChI is InChI=1S/C22H28BrF2NO4/c1-2-29-21(28)19-17(22(23,24)25)16(18(26-19)15-11-7-4-8-12-15)20(27)30-13-14-9-5-3-6-10-14/h3,5-6,9-10,15-19,26H,2,4,7-8,11-13H2,1H3. The molecule has 1 aliphatic heterocycles. The second-order valence-corrected chi connectivity index (χ2v) is 9.06. The Morgan fingerprint density at radius 1 is 1.10 bits per heavy atom. The molecule has 1 saturated carbocycles. The van der Waals surface area contributed by atoms with Gasteiger partial charge in [-0.25, -0.2) is 0 Å². The Labute approximate surface area is 184 Å². The molecular weight excluding hydrogens is 460 g/mol. The number of hydrogen-bond donors (Lipinski definition) is 1. The van der Waals surface area contributed by atoms with E-state index in [2.05, 4.69) is 21.2 Å². The van der Waals surface area contributed by atoms with Gasteiger partial charge in [0.15, 0.2) is 0 Å². The highest BCUT2D eigenvalue weighted by Crippen LogP contribution is 2.47. The molecule has 8 heteroatoms. The van der Waals surface area contributed by atoms with Crippen LogP contribution in [0.1, 0.15) is 44.6 Å². The summed E-state index contributed by atoms with van der Waals surface area (Å²) in [5.74, 6) is -4.18. The minimum atomic E-state index is -3.43. The topological polar surface area (TPSA) is 64.6 Å². The number of carbonyl (C=O) groups is 2. The molecule has 30 heavy (non-hydrogen) atoms. The Hall–Kier alpha value is -1.54. The summed E-state index contributed by atoms with van der Waals surface area (Å²) >= 11 is 2.43. The van der Waals surface area contributed by atoms with Crippen molar-refractivity contribution in [2.24, 2.45) is 17.8 Å². The van der Waals surface area contributed by atoms with Crippen LogP contribution in [0.2, 0.25) is 0 Å². The molecule has 1 aromatic rings. The van der Waals surface area contributed by atoms with Crippen molar-refractivity contribution in [2.45, 2.75) is 62.6 Å². The first-order valence-corrected chi connectivity index (χ1v) is 11.3. The molecule has 1 heterocycles. The Bertz CT molecular complexity index is 722. The molecule has 0 bridgehead atoms. The van der Waals surface area contributed by atoms with Crippen molar-refractivity contribution >= 4 is 27.9 Å². The van der Waals surface area contributed by atoms with Crippen LogP contribution in [-0.2, 0) is 25.7 Å². The van der Waals surface area contributed by atoms with Crippen LogP contribution in [-0.4, -0.2) is 35.5 Å². The Balaban J connectivity index is 1.87. The van der Waals surface area contributed by atoms with Crippen molar-refractivity contribution in [3.63, 3.8) is 0 Å². The van der Waals surface area contributed by atoms with Gasteiger partial charge in [-0.15, -0.1) is 0 Å². The zero-order valence-electron chi connectivity index (χ0n) is 17.0. The van der Waals surface area contributed by atoms with Gasteiger partial charge in [0.25, 0.3) is 0 Å². The number of nitrogens with one attached hydrogen (secondary N) is 1. The lowest BCUT2D eigenvalue weighted by Gasteiger charge is -2.32. The molecule has 0 amide bonds. The van der Waals surface area contributed by atoms with E-state index in [4.69, 9.17) is 9.47 Å². The molecule has 2 fully saturated rings. The van der Waals surface area contributed by atoms with E-state index in [1.807, 2.05) is 18.2 Å². The second-order valence-electron chi connectivity index (χ2n) is 8.01. The predicted molar refractivity (Wildman–Crippen MR) is 111 cm³/mol. The molecule has 4 unspecified atom stereocenters. The van der Waals surface area contributed by atoms with Crippen molar-refractivity contribution in [1.82, 2.24) is 5.32 Å². The van der Waals surface area contributed by atoms with Gasteiger partial charge in [-0.05, 0) is 47.2 Å². The van der Waals surface area contributed by atoms with Gasteiger partial charge in [-0.3, -0.25) is 14.9 Å². The van der Waals surface area contributed by atoms with Gasteiger partial charge < -0.3 is 9.47 Å². The van der Waals surface area contributed by atoms with Crippen LogP contribution in [0.25, 0.3) is 0 Å². The van der Waals surface area contributed by atoms with Crippen LogP contribution in [0, 0.1) is 17.8 Å². The van der Waals surface area contributed by atoms with Crippen LogP contribution in [0.5, 0.6) is 0 Å². The zero-order chi connectivity index (χ0) is 21.7. The average molecular weight is 488 g/mol. The van der Waals surface area contributed by atoms with E-state index in [-0.39, 0.29) is 19.1 Å². The van der Waals surface area contributed by atoms with Crippen LogP contribution in [0.3, 0.4) is 0 Å². The van der Waals surface area contributed by atoms with E-state index >= 15 is 0 Å². The summed E-state index contributed by atoms with van der Waals surface area (Å²) in [6, 6.07) is 7.25. The minimum absolute atomic E-state index is 0.00178. The van der Waals surface area contributed by atoms with E-state index in [1.54, 1.807) is 19.1 Å². The number of halogens is 3. The average Bonchev–Trinajstić information content (AvgIpc) is 3.15. The molecule has 0 radical (unpaired) electrons. The van der Waals surface area contributed by atoms with Gasteiger partial charge in [0.2, 0.25) is 0 Å². The SMILES string of the molecule is CCOC(=O)C1NC(C2CCCCC2)C(C(=O)OCc2ccccc2)C1C(F)(F)Br. The van der Waals surface area contributed by atoms with Crippen molar-refractivity contribution < 1.29 is 27.8 Å². The third-order valence-corrected chi connectivity index (χ3v) is 6.61. The number of carbonyl (C=O) groups excluding carboxylic acids is 2. The summed E-state index contributed by atoms with van der Waals surface area (Å²) in [6.45, 7) is 1.70. The van der Waals surface area contributed by atoms with Gasteiger partial charge in [-0.2, -0.15) is 8.78 Å². The maximum atomic E-state index is 14.7. The Morgan fingerprint density at radius 2 is 1.77 bits per heavy atom. The highest BCUT2D eigenvalue weighted by Gasteiger charge is 2.61. The first kappa shape index (κ1) is 23.1. The second kappa shape index (κ2) is 10.2. The molecule has 3 rings (SSSR count). The summed E-state index contributed by atoms with van der Waals surface area (Å²) in [5, 5.41) is 3.05. The molecule has 2 aliphatic rings. The van der Waals surface area contributed by atoms with Crippen molar-refractivity contribution in [3.8, 4) is 0 Å². The highest BCUT2D eigenvalue weighted by atomic mass is 79.9. The van der Waals surface area contributed by atoms with Crippen molar-refractivity contribution in [1.29, 1.82) is 0 Å². The maximum Gasteiger partial charge on any atom is 0.323 e. The van der Waals surface area contributed by atoms with E-state index in [9.17, 15) is 18.4 Å². The number of benzene rings is 1. The first-order chi connectivity index (χ1) is 14.3. The lowest BCUT2D eigenvalue weighted by molar-refractivity contribution is -0.157. The fraction of sp³-hybridized carbons (Fsp3) is 0.636. The molecule has 0 aromatic heterocycles. The molecule has 0 spiro atoms. The van der Waals surface area contributed by atoms with Crippen molar-refractivity contribution in [3.05, 3.63) is 35.9 Å². The van der Waals surface area contributed by atoms with Crippen LogP contribution >= 0.6 is 15.9 Å². The molecule has 5 nitrogen and oxygen atoms in total. The lowest BCUT2D eigenvalue weighted by atomic mass is 9.76. The van der Waals surface area contributed by atoms with Crippen LogP contribution < -0.4 is 5.32 Å². The zero-order valence-corrected chi connectivity index (χ0v) is 18.6. The van der Waals surface area contributed by atoms with Gasteiger partial charge in [0.05, 0.1) is 18.4 Å². The smallest absolute Gasteiger partial charge is 0.323 e. The van der Waals surface area contributed by atoms with Crippen molar-refractivity contribution in [2.75, 3.05) is 6.61 Å². The van der Waals surface area contributed by atoms with Gasteiger partial charge >= 0.3 is 16.8 Å². The van der Waals surface area contributed by atoms with E-state index in [0.29, 0.717) is 0 Å². The minimum Gasteiger partial charge on any atom is -0.465 e. The van der Waals surface area contributed by atoms with Gasteiger partial charge in [0.1, 0.15) is 12.6 Å². The fourth-order valence-corrected chi connectivity index (χ4v) is 5.27. The molecule has 1 aliphatic carbocycles. The quantitative estimate of drug-likeness (QED) is 0.455. The van der Waals surface area contributed by atoms with Crippen LogP contribution in [0.15, 0.2) is 30.3 Å². The van der Waals surface area contributed by atoms with E-state index in [1.165, 1.54) is 0 Å². The monoisotopic (exact) mass is 487 g/mol. The summed E-state index contributed by atoms with van der Waals surface area (Å²) in [5.41, 5.74) is 0.773. The number of rotatable bonds is 7. The summed E-state index contributed by atoms with van der Waals surface area (Å²) < 4.78 is 39.8. The van der Waals surface area contributed by atoms with Gasteiger partial charge in [0, 0.05) is 6.04 Å². The summed E-state index contributed by atoms with van der Waals surface area (Å²) in [7, 11) is 0. The molecule has 4 atom stereocenters. The molecule has 1 N–H and O–H groups in total. The third kappa shape index (κ3) is 5.38. The number of alkyl halides is 3. The largest absolute Gasteiger partial charge is 0.465 e. The fourth-order valence-electron chi connectivity index (χ4n) is 4.73. The van der Waals surface area contributed by atoms with Crippen LogP contribution in [0.4, 0.5) is 8.78 Å².